The molecule has 3 heteroatoms. The topological polar surface area (TPSA) is 41.1 Å². The molecule has 1 saturated carbocycles. The van der Waals surface area contributed by atoms with Crippen molar-refractivity contribution in [2.45, 2.75) is 52.0 Å². The molecule has 0 aromatic carbocycles. The first-order valence-electron chi connectivity index (χ1n) is 5.53. The van der Waals surface area contributed by atoms with Crippen LogP contribution >= 0.6 is 0 Å². The van der Waals surface area contributed by atoms with Gasteiger partial charge in [0.1, 0.15) is 0 Å². The van der Waals surface area contributed by atoms with E-state index >= 15 is 0 Å². The van der Waals surface area contributed by atoms with E-state index in [0.717, 1.165) is 18.9 Å². The first-order chi connectivity index (χ1) is 6.47. The lowest BCUT2D eigenvalue weighted by Gasteiger charge is -2.20. The van der Waals surface area contributed by atoms with Crippen LogP contribution in [0.1, 0.15) is 46.5 Å². The molecule has 0 saturated heterocycles. The Morgan fingerprint density at radius 2 is 2.00 bits per heavy atom. The molecule has 0 unspecified atom stereocenters. The summed E-state index contributed by atoms with van der Waals surface area (Å²) in [5.41, 5.74) is -0.138. The summed E-state index contributed by atoms with van der Waals surface area (Å²) in [5, 5.41) is 5.75. The van der Waals surface area contributed by atoms with Gasteiger partial charge >= 0.3 is 6.03 Å². The van der Waals surface area contributed by atoms with Crippen LogP contribution in [0.2, 0.25) is 0 Å². The first kappa shape index (κ1) is 11.3. The van der Waals surface area contributed by atoms with Crippen molar-refractivity contribution in [2.75, 3.05) is 6.54 Å². The van der Waals surface area contributed by atoms with Crippen LogP contribution in [0.4, 0.5) is 4.79 Å². The van der Waals surface area contributed by atoms with E-state index in [1.807, 2.05) is 20.8 Å². The average molecular weight is 198 g/mol. The highest BCUT2D eigenvalue weighted by Gasteiger charge is 2.20. The molecule has 0 atom stereocenters. The zero-order chi connectivity index (χ0) is 10.6. The lowest BCUT2D eigenvalue weighted by atomic mass is 10.1. The molecule has 0 heterocycles. The minimum Gasteiger partial charge on any atom is -0.338 e. The molecule has 82 valence electrons. The van der Waals surface area contributed by atoms with Crippen LogP contribution in [0.5, 0.6) is 0 Å². The molecule has 0 aromatic heterocycles. The van der Waals surface area contributed by atoms with Crippen molar-refractivity contribution < 1.29 is 4.79 Å². The Hall–Kier alpha value is -0.730. The van der Waals surface area contributed by atoms with E-state index in [1.165, 1.54) is 19.3 Å². The molecule has 3 nitrogen and oxygen atoms in total. The Bertz CT molecular complexity index is 192. The number of hydrogen-bond donors (Lipinski definition) is 2. The van der Waals surface area contributed by atoms with Crippen LogP contribution in [0.25, 0.3) is 0 Å². The molecular weight excluding hydrogens is 176 g/mol. The number of amides is 2. The first-order valence-corrected chi connectivity index (χ1v) is 5.53. The van der Waals surface area contributed by atoms with E-state index in [2.05, 4.69) is 10.6 Å². The van der Waals surface area contributed by atoms with Gasteiger partial charge in [-0.2, -0.15) is 0 Å². The predicted octanol–water partition coefficient (Wildman–Crippen LogP) is 2.27. The number of urea groups is 1. The maximum absolute atomic E-state index is 11.3. The van der Waals surface area contributed by atoms with Crippen molar-refractivity contribution >= 4 is 6.03 Å². The SMILES string of the molecule is CC(C)(C)NC(=O)NCCCC1CC1. The normalized spacial score (nSPS) is 16.5. The minimum atomic E-state index is -0.138. The Morgan fingerprint density at radius 3 is 2.50 bits per heavy atom. The summed E-state index contributed by atoms with van der Waals surface area (Å²) in [6.45, 7) is 6.75. The minimum absolute atomic E-state index is 0.0479. The molecular formula is C11H22N2O. The van der Waals surface area contributed by atoms with Gasteiger partial charge in [-0.25, -0.2) is 4.79 Å². The van der Waals surface area contributed by atoms with Gasteiger partial charge < -0.3 is 10.6 Å². The molecule has 2 amide bonds. The lowest BCUT2D eigenvalue weighted by molar-refractivity contribution is 0.232. The Kier molecular flexibility index (Phi) is 3.78. The average Bonchev–Trinajstić information content (AvgIpc) is 2.77. The van der Waals surface area contributed by atoms with E-state index in [4.69, 9.17) is 0 Å². The number of carbonyl (C=O) groups excluding carboxylic acids is 1. The molecule has 14 heavy (non-hydrogen) atoms. The van der Waals surface area contributed by atoms with Crippen LogP contribution in [0.3, 0.4) is 0 Å². The van der Waals surface area contributed by atoms with Crippen LogP contribution < -0.4 is 10.6 Å². The van der Waals surface area contributed by atoms with Gasteiger partial charge in [-0.15, -0.1) is 0 Å². The summed E-state index contributed by atoms with van der Waals surface area (Å²) in [6, 6.07) is -0.0479. The quantitative estimate of drug-likeness (QED) is 0.668. The highest BCUT2D eigenvalue weighted by Crippen LogP contribution is 2.33. The zero-order valence-corrected chi connectivity index (χ0v) is 9.52. The molecule has 2 N–H and O–H groups in total. The highest BCUT2D eigenvalue weighted by molar-refractivity contribution is 5.74. The number of rotatable bonds is 4. The predicted molar refractivity (Wildman–Crippen MR) is 58.2 cm³/mol. The van der Waals surface area contributed by atoms with Gasteiger partial charge in [0.15, 0.2) is 0 Å². The van der Waals surface area contributed by atoms with Gasteiger partial charge in [0.25, 0.3) is 0 Å². The second kappa shape index (κ2) is 4.67. The van der Waals surface area contributed by atoms with E-state index in [1.54, 1.807) is 0 Å². The molecule has 1 rings (SSSR count). The summed E-state index contributed by atoms with van der Waals surface area (Å²) in [5.74, 6) is 0.961. The number of carbonyl (C=O) groups is 1. The fourth-order valence-corrected chi connectivity index (χ4v) is 1.38. The molecule has 0 aromatic rings. The maximum Gasteiger partial charge on any atom is 0.315 e. The summed E-state index contributed by atoms with van der Waals surface area (Å²) in [7, 11) is 0. The summed E-state index contributed by atoms with van der Waals surface area (Å²) >= 11 is 0. The third kappa shape index (κ3) is 5.84. The van der Waals surface area contributed by atoms with E-state index < -0.39 is 0 Å². The Balaban J connectivity index is 1.96. The summed E-state index contributed by atoms with van der Waals surface area (Å²) in [6.07, 6.45) is 5.18. The molecule has 1 aliphatic rings. The lowest BCUT2D eigenvalue weighted by Crippen LogP contribution is -2.46. The second-order valence-electron chi connectivity index (χ2n) is 5.22. The van der Waals surface area contributed by atoms with Crippen LogP contribution in [-0.4, -0.2) is 18.1 Å². The second-order valence-corrected chi connectivity index (χ2v) is 5.22. The van der Waals surface area contributed by atoms with Crippen molar-refractivity contribution in [3.05, 3.63) is 0 Å². The van der Waals surface area contributed by atoms with Crippen LogP contribution in [0.15, 0.2) is 0 Å². The Labute approximate surface area is 86.6 Å². The fraction of sp³-hybridized carbons (Fsp3) is 0.909. The highest BCUT2D eigenvalue weighted by atomic mass is 16.2. The molecule has 1 aliphatic carbocycles. The van der Waals surface area contributed by atoms with Gasteiger partial charge in [-0.1, -0.05) is 12.8 Å². The van der Waals surface area contributed by atoms with E-state index in [9.17, 15) is 4.79 Å². The molecule has 0 spiro atoms. The standard InChI is InChI=1S/C11H22N2O/c1-11(2,3)13-10(14)12-8-4-5-9-6-7-9/h9H,4-8H2,1-3H3,(H2,12,13,14). The van der Waals surface area contributed by atoms with Crippen LogP contribution in [-0.2, 0) is 0 Å². The van der Waals surface area contributed by atoms with Crippen molar-refractivity contribution in [3.8, 4) is 0 Å². The molecule has 0 bridgehead atoms. The van der Waals surface area contributed by atoms with Crippen molar-refractivity contribution in [3.63, 3.8) is 0 Å². The fourth-order valence-electron chi connectivity index (χ4n) is 1.38. The third-order valence-corrected chi connectivity index (χ3v) is 2.26. The van der Waals surface area contributed by atoms with Crippen molar-refractivity contribution in [1.29, 1.82) is 0 Å². The van der Waals surface area contributed by atoms with Gasteiger partial charge in [-0.05, 0) is 39.5 Å². The smallest absolute Gasteiger partial charge is 0.315 e. The van der Waals surface area contributed by atoms with Gasteiger partial charge in [0.2, 0.25) is 0 Å². The molecule has 1 fully saturated rings. The molecule has 0 aliphatic heterocycles. The van der Waals surface area contributed by atoms with Crippen molar-refractivity contribution in [2.24, 2.45) is 5.92 Å². The number of nitrogens with one attached hydrogen (secondary N) is 2. The van der Waals surface area contributed by atoms with Crippen molar-refractivity contribution in [1.82, 2.24) is 10.6 Å². The summed E-state index contributed by atoms with van der Waals surface area (Å²) < 4.78 is 0. The Morgan fingerprint density at radius 1 is 1.36 bits per heavy atom. The monoisotopic (exact) mass is 198 g/mol. The van der Waals surface area contributed by atoms with Gasteiger partial charge in [0.05, 0.1) is 0 Å². The number of hydrogen-bond acceptors (Lipinski definition) is 1. The van der Waals surface area contributed by atoms with E-state index in [-0.39, 0.29) is 11.6 Å². The van der Waals surface area contributed by atoms with Gasteiger partial charge in [0, 0.05) is 12.1 Å². The summed E-state index contributed by atoms with van der Waals surface area (Å²) in [4.78, 5) is 11.3. The zero-order valence-electron chi connectivity index (χ0n) is 9.52. The van der Waals surface area contributed by atoms with Gasteiger partial charge in [-0.3, -0.25) is 0 Å². The largest absolute Gasteiger partial charge is 0.338 e. The van der Waals surface area contributed by atoms with E-state index in [0.29, 0.717) is 0 Å². The molecule has 0 radical (unpaired) electrons. The van der Waals surface area contributed by atoms with Crippen LogP contribution in [0, 0.1) is 5.92 Å². The maximum atomic E-state index is 11.3. The third-order valence-electron chi connectivity index (χ3n) is 2.26.